The molecule has 0 unspecified atom stereocenters. The Balaban J connectivity index is 1.44. The van der Waals surface area contributed by atoms with Gasteiger partial charge in [-0.2, -0.15) is 10.2 Å². The number of carbonyl (C=O) groups is 2. The van der Waals surface area contributed by atoms with Crippen LogP contribution in [0.5, 0.6) is 0 Å². The third kappa shape index (κ3) is 4.27. The van der Waals surface area contributed by atoms with Crippen LogP contribution >= 0.6 is 0 Å². The highest BCUT2D eigenvalue weighted by Gasteiger charge is 2.17. The topological polar surface area (TPSA) is 133 Å². The number of nitrogens with two attached hydrogens (primary N) is 1. The van der Waals surface area contributed by atoms with Crippen molar-refractivity contribution in [3.63, 3.8) is 0 Å². The number of primary amides is 1. The summed E-state index contributed by atoms with van der Waals surface area (Å²) in [6.45, 7) is 4.32. The minimum absolute atomic E-state index is 0.102. The number of rotatable bonds is 7. The van der Waals surface area contributed by atoms with Crippen molar-refractivity contribution in [1.82, 2.24) is 29.4 Å². The van der Waals surface area contributed by atoms with E-state index < -0.39 is 5.91 Å². The molecule has 4 rings (SSSR count). The molecule has 0 atom stereocenters. The van der Waals surface area contributed by atoms with Crippen molar-refractivity contribution in [2.45, 2.75) is 33.2 Å². The van der Waals surface area contributed by atoms with E-state index in [0.717, 1.165) is 28.2 Å². The van der Waals surface area contributed by atoms with Crippen LogP contribution in [-0.4, -0.2) is 41.2 Å². The van der Waals surface area contributed by atoms with Gasteiger partial charge in [-0.15, -0.1) is 0 Å². The molecule has 0 saturated carbocycles. The Morgan fingerprint density at radius 2 is 2.03 bits per heavy atom. The molecule has 1 aromatic carbocycles. The van der Waals surface area contributed by atoms with Gasteiger partial charge in [0.25, 0.3) is 5.91 Å². The van der Waals surface area contributed by atoms with Gasteiger partial charge in [0.05, 0.1) is 12.7 Å². The second-order valence-corrected chi connectivity index (χ2v) is 7.26. The van der Waals surface area contributed by atoms with Crippen LogP contribution in [0, 0.1) is 13.8 Å². The van der Waals surface area contributed by atoms with Crippen molar-refractivity contribution in [2.75, 3.05) is 5.32 Å². The maximum atomic E-state index is 12.6. The van der Waals surface area contributed by atoms with Crippen molar-refractivity contribution in [2.24, 2.45) is 5.73 Å². The van der Waals surface area contributed by atoms with Gasteiger partial charge in [0.2, 0.25) is 5.91 Å². The van der Waals surface area contributed by atoms with E-state index in [9.17, 15) is 9.59 Å². The fraction of sp³-hybridized carbons (Fsp3) is 0.238. The Kier molecular flexibility index (Phi) is 5.44. The SMILES string of the molecule is Cc1nc2c(C(N)=O)cnn2c(C)c1CCC(=O)Nc1cccc(Cn2cncn2)c1. The van der Waals surface area contributed by atoms with E-state index >= 15 is 0 Å². The van der Waals surface area contributed by atoms with Crippen LogP contribution in [-0.2, 0) is 17.8 Å². The van der Waals surface area contributed by atoms with Crippen molar-refractivity contribution in [3.8, 4) is 0 Å². The number of nitrogens with one attached hydrogen (secondary N) is 1. The lowest BCUT2D eigenvalue weighted by atomic mass is 10.1. The Morgan fingerprint density at radius 3 is 2.77 bits per heavy atom. The van der Waals surface area contributed by atoms with Crippen LogP contribution < -0.4 is 11.1 Å². The fourth-order valence-corrected chi connectivity index (χ4v) is 3.56. The summed E-state index contributed by atoms with van der Waals surface area (Å²) in [5.41, 5.74) is 10.3. The molecular weight excluding hydrogens is 396 g/mol. The Labute approximate surface area is 178 Å². The quantitative estimate of drug-likeness (QED) is 0.469. The second kappa shape index (κ2) is 8.34. The van der Waals surface area contributed by atoms with E-state index in [0.29, 0.717) is 18.6 Å². The molecule has 10 nitrogen and oxygen atoms in total. The lowest BCUT2D eigenvalue weighted by molar-refractivity contribution is -0.116. The van der Waals surface area contributed by atoms with Crippen molar-refractivity contribution in [3.05, 3.63) is 71.2 Å². The molecule has 0 saturated heterocycles. The summed E-state index contributed by atoms with van der Waals surface area (Å²) in [5, 5.41) is 11.3. The van der Waals surface area contributed by atoms with E-state index in [1.807, 2.05) is 38.1 Å². The number of amides is 2. The molecule has 158 valence electrons. The van der Waals surface area contributed by atoms with Gasteiger partial charge in [-0.05, 0) is 43.5 Å². The zero-order chi connectivity index (χ0) is 22.0. The number of hydrogen-bond donors (Lipinski definition) is 2. The Morgan fingerprint density at radius 1 is 1.19 bits per heavy atom. The van der Waals surface area contributed by atoms with E-state index in [-0.39, 0.29) is 17.9 Å². The van der Waals surface area contributed by atoms with Crippen molar-refractivity contribution < 1.29 is 9.59 Å². The molecule has 3 aromatic heterocycles. The molecule has 10 heteroatoms. The average Bonchev–Trinajstić information content (AvgIpc) is 3.38. The third-order valence-corrected chi connectivity index (χ3v) is 5.10. The summed E-state index contributed by atoms with van der Waals surface area (Å²) in [7, 11) is 0. The zero-order valence-corrected chi connectivity index (χ0v) is 17.2. The Bertz CT molecular complexity index is 1260. The molecule has 31 heavy (non-hydrogen) atoms. The number of aryl methyl sites for hydroxylation is 2. The summed E-state index contributed by atoms with van der Waals surface area (Å²) in [5.74, 6) is -0.672. The Hall–Kier alpha value is -4.08. The van der Waals surface area contributed by atoms with Crippen LogP contribution in [0.15, 0.2) is 43.1 Å². The van der Waals surface area contributed by atoms with Crippen LogP contribution in [0.1, 0.15) is 39.3 Å². The van der Waals surface area contributed by atoms with Gasteiger partial charge in [0.15, 0.2) is 5.65 Å². The fourth-order valence-electron chi connectivity index (χ4n) is 3.56. The highest BCUT2D eigenvalue weighted by atomic mass is 16.2. The average molecular weight is 418 g/mol. The van der Waals surface area contributed by atoms with Gasteiger partial charge in [0, 0.05) is 23.5 Å². The monoisotopic (exact) mass is 418 g/mol. The molecule has 0 bridgehead atoms. The standard InChI is InChI=1S/C21H22N8O2/c1-13-17(14(2)29-21(26-13)18(9-24-29)20(22)31)6-7-19(30)27-16-5-3-4-15(8-16)10-28-12-23-11-25-28/h3-5,8-9,11-12H,6-7,10H2,1-2H3,(H2,22,31)(H,27,30). The van der Waals surface area contributed by atoms with Gasteiger partial charge in [-0.3, -0.25) is 9.59 Å². The molecular formula is C21H22N8O2. The first-order chi connectivity index (χ1) is 14.9. The third-order valence-electron chi connectivity index (χ3n) is 5.10. The van der Waals surface area contributed by atoms with Gasteiger partial charge < -0.3 is 11.1 Å². The summed E-state index contributed by atoms with van der Waals surface area (Å²) >= 11 is 0. The number of fused-ring (bicyclic) bond motifs is 1. The minimum atomic E-state index is -0.570. The van der Waals surface area contributed by atoms with Gasteiger partial charge in [0.1, 0.15) is 18.2 Å². The largest absolute Gasteiger partial charge is 0.365 e. The predicted octanol–water partition coefficient (Wildman–Crippen LogP) is 1.66. The van der Waals surface area contributed by atoms with Crippen molar-refractivity contribution >= 4 is 23.1 Å². The van der Waals surface area contributed by atoms with Crippen LogP contribution in [0.4, 0.5) is 5.69 Å². The van der Waals surface area contributed by atoms with Gasteiger partial charge >= 0.3 is 0 Å². The van der Waals surface area contributed by atoms with E-state index in [4.69, 9.17) is 5.73 Å². The number of benzene rings is 1. The van der Waals surface area contributed by atoms with E-state index in [1.54, 1.807) is 15.5 Å². The van der Waals surface area contributed by atoms with E-state index in [1.165, 1.54) is 12.5 Å². The zero-order valence-electron chi connectivity index (χ0n) is 17.2. The number of aromatic nitrogens is 6. The van der Waals surface area contributed by atoms with Crippen LogP contribution in [0.25, 0.3) is 5.65 Å². The number of hydrogen-bond acceptors (Lipinski definition) is 6. The first-order valence-electron chi connectivity index (χ1n) is 9.77. The summed E-state index contributed by atoms with van der Waals surface area (Å²) < 4.78 is 3.31. The highest BCUT2D eigenvalue weighted by Crippen LogP contribution is 2.19. The molecule has 0 spiro atoms. The van der Waals surface area contributed by atoms with E-state index in [2.05, 4.69) is 25.5 Å². The lowest BCUT2D eigenvalue weighted by Gasteiger charge is -2.12. The first-order valence-corrected chi connectivity index (χ1v) is 9.77. The first kappa shape index (κ1) is 20.2. The number of anilines is 1. The maximum Gasteiger partial charge on any atom is 0.254 e. The molecule has 0 fully saturated rings. The lowest BCUT2D eigenvalue weighted by Crippen LogP contribution is -2.15. The summed E-state index contributed by atoms with van der Waals surface area (Å²) in [6, 6.07) is 7.62. The highest BCUT2D eigenvalue weighted by molar-refractivity contribution is 5.98. The molecule has 0 aliphatic rings. The van der Waals surface area contributed by atoms with Gasteiger partial charge in [-0.25, -0.2) is 19.2 Å². The number of carbonyl (C=O) groups excluding carboxylic acids is 2. The molecule has 4 aromatic rings. The summed E-state index contributed by atoms with van der Waals surface area (Å²) in [4.78, 5) is 32.5. The van der Waals surface area contributed by atoms with Crippen LogP contribution in [0.3, 0.4) is 0 Å². The van der Waals surface area contributed by atoms with Crippen LogP contribution in [0.2, 0.25) is 0 Å². The molecule has 0 radical (unpaired) electrons. The second-order valence-electron chi connectivity index (χ2n) is 7.26. The van der Waals surface area contributed by atoms with Gasteiger partial charge in [-0.1, -0.05) is 12.1 Å². The molecule has 3 heterocycles. The smallest absolute Gasteiger partial charge is 0.254 e. The van der Waals surface area contributed by atoms with Crippen molar-refractivity contribution in [1.29, 1.82) is 0 Å². The molecule has 0 aliphatic carbocycles. The number of nitrogens with zero attached hydrogens (tertiary/aromatic N) is 6. The molecule has 3 N–H and O–H groups in total. The maximum absolute atomic E-state index is 12.6. The molecule has 0 aliphatic heterocycles. The normalized spacial score (nSPS) is 11.0. The molecule has 2 amide bonds. The predicted molar refractivity (Wildman–Crippen MR) is 113 cm³/mol. The minimum Gasteiger partial charge on any atom is -0.365 e. The summed E-state index contributed by atoms with van der Waals surface area (Å²) in [6.07, 6.45) is 5.33.